The molecule has 1 aliphatic carbocycles. The Hall–Kier alpha value is -1.14. The Morgan fingerprint density at radius 2 is 2.16 bits per heavy atom. The fraction of sp³-hybridized carbons (Fsp3) is 0.846. The lowest BCUT2D eigenvalue weighted by Crippen LogP contribution is -2.41. The van der Waals surface area contributed by atoms with Crippen LogP contribution in [0.4, 0.5) is 5.95 Å². The van der Waals surface area contributed by atoms with Crippen LogP contribution in [0.25, 0.3) is 0 Å². The van der Waals surface area contributed by atoms with Gasteiger partial charge in [0.05, 0.1) is 18.8 Å². The zero-order valence-electron chi connectivity index (χ0n) is 11.5. The first-order valence-corrected chi connectivity index (χ1v) is 7.13. The van der Waals surface area contributed by atoms with E-state index in [0.717, 1.165) is 32.4 Å². The van der Waals surface area contributed by atoms with Gasteiger partial charge in [0.2, 0.25) is 5.89 Å². The minimum Gasteiger partial charge on any atom is -0.378 e. The molecule has 0 amide bonds. The molecule has 2 unspecified atom stereocenters. The lowest BCUT2D eigenvalue weighted by Gasteiger charge is -2.33. The number of hydrogen-bond acceptors (Lipinski definition) is 6. The molecular weight excluding hydrogens is 244 g/mol. The predicted octanol–water partition coefficient (Wildman–Crippen LogP) is 1.27. The minimum absolute atomic E-state index is 0.435. The van der Waals surface area contributed by atoms with Crippen molar-refractivity contribution in [3.05, 3.63) is 5.89 Å². The molecule has 2 aliphatic rings. The molecule has 3 rings (SSSR count). The molecule has 0 spiro atoms. The topological polar surface area (TPSA) is 77.4 Å². The van der Waals surface area contributed by atoms with Crippen molar-refractivity contribution in [2.75, 3.05) is 31.2 Å². The van der Waals surface area contributed by atoms with Crippen LogP contribution in [-0.2, 0) is 10.3 Å². The van der Waals surface area contributed by atoms with E-state index >= 15 is 0 Å². The zero-order valence-corrected chi connectivity index (χ0v) is 11.5. The first-order chi connectivity index (χ1) is 9.17. The van der Waals surface area contributed by atoms with Crippen molar-refractivity contribution in [1.29, 1.82) is 0 Å². The number of nitrogens with zero attached hydrogens (tertiary/aromatic N) is 3. The van der Waals surface area contributed by atoms with Gasteiger partial charge in [-0.15, -0.1) is 0 Å². The van der Waals surface area contributed by atoms with Gasteiger partial charge in [0.25, 0.3) is 5.95 Å². The van der Waals surface area contributed by atoms with Crippen molar-refractivity contribution in [2.24, 2.45) is 11.7 Å². The van der Waals surface area contributed by atoms with Crippen LogP contribution in [0.15, 0.2) is 4.52 Å². The molecule has 0 bridgehead atoms. The Morgan fingerprint density at radius 1 is 1.37 bits per heavy atom. The predicted molar refractivity (Wildman–Crippen MR) is 70.8 cm³/mol. The molecule has 1 aliphatic heterocycles. The number of morpholine rings is 1. The Kier molecular flexibility index (Phi) is 3.45. The molecule has 106 valence electrons. The lowest BCUT2D eigenvalue weighted by atomic mass is 9.77. The van der Waals surface area contributed by atoms with Crippen LogP contribution >= 0.6 is 0 Å². The molecule has 1 aromatic rings. The number of hydrogen-bond donors (Lipinski definition) is 1. The molecule has 6 heteroatoms. The Labute approximate surface area is 113 Å². The summed E-state index contributed by atoms with van der Waals surface area (Å²) in [6, 6.07) is 0. The van der Waals surface area contributed by atoms with Crippen molar-refractivity contribution in [2.45, 2.75) is 38.1 Å². The van der Waals surface area contributed by atoms with Gasteiger partial charge in [-0.2, -0.15) is 4.98 Å². The van der Waals surface area contributed by atoms with Crippen molar-refractivity contribution < 1.29 is 9.26 Å². The van der Waals surface area contributed by atoms with Gasteiger partial charge in [0, 0.05) is 13.1 Å². The van der Waals surface area contributed by atoms with E-state index < -0.39 is 5.54 Å². The largest absolute Gasteiger partial charge is 0.378 e. The maximum absolute atomic E-state index is 6.47. The van der Waals surface area contributed by atoms with E-state index in [1.165, 1.54) is 6.42 Å². The monoisotopic (exact) mass is 266 g/mol. The normalized spacial score (nSPS) is 32.5. The van der Waals surface area contributed by atoms with Crippen LogP contribution in [0.3, 0.4) is 0 Å². The lowest BCUT2D eigenvalue weighted by molar-refractivity contribution is 0.121. The fourth-order valence-electron chi connectivity index (χ4n) is 3.10. The second-order valence-corrected chi connectivity index (χ2v) is 5.86. The maximum Gasteiger partial charge on any atom is 0.266 e. The Bertz CT molecular complexity index is 430. The number of aromatic nitrogens is 2. The van der Waals surface area contributed by atoms with Crippen molar-refractivity contribution in [1.82, 2.24) is 10.1 Å². The van der Waals surface area contributed by atoms with Crippen LogP contribution in [0.1, 0.15) is 38.5 Å². The summed E-state index contributed by atoms with van der Waals surface area (Å²) < 4.78 is 10.8. The molecule has 2 N–H and O–H groups in total. The zero-order chi connectivity index (χ0) is 13.3. The van der Waals surface area contributed by atoms with Crippen LogP contribution in [-0.4, -0.2) is 36.4 Å². The Balaban J connectivity index is 1.76. The summed E-state index contributed by atoms with van der Waals surface area (Å²) in [6.45, 7) is 5.29. The molecular formula is C13H22N4O2. The van der Waals surface area contributed by atoms with Crippen molar-refractivity contribution in [3.8, 4) is 0 Å². The van der Waals surface area contributed by atoms with E-state index in [2.05, 4.69) is 22.0 Å². The standard InChI is InChI=1S/C13H22N4O2/c1-10-3-2-4-13(14,9-10)11-15-12(16-19-11)17-5-7-18-8-6-17/h10H,2-9,14H2,1H3. The van der Waals surface area contributed by atoms with E-state index in [1.807, 2.05) is 0 Å². The molecule has 19 heavy (non-hydrogen) atoms. The van der Waals surface area contributed by atoms with Gasteiger partial charge < -0.3 is 19.9 Å². The highest BCUT2D eigenvalue weighted by Gasteiger charge is 2.38. The third kappa shape index (κ3) is 2.60. The van der Waals surface area contributed by atoms with Gasteiger partial charge >= 0.3 is 0 Å². The quantitative estimate of drug-likeness (QED) is 0.868. The summed E-state index contributed by atoms with van der Waals surface area (Å²) in [6.07, 6.45) is 4.23. The fourth-order valence-corrected chi connectivity index (χ4v) is 3.10. The molecule has 2 atom stereocenters. The first kappa shape index (κ1) is 12.9. The van der Waals surface area contributed by atoms with Crippen molar-refractivity contribution >= 4 is 5.95 Å². The van der Waals surface area contributed by atoms with E-state index in [9.17, 15) is 0 Å². The van der Waals surface area contributed by atoms with Gasteiger partial charge in [-0.1, -0.05) is 19.8 Å². The molecule has 2 heterocycles. The molecule has 2 fully saturated rings. The highest BCUT2D eigenvalue weighted by molar-refractivity contribution is 5.29. The van der Waals surface area contributed by atoms with Crippen LogP contribution < -0.4 is 10.6 Å². The van der Waals surface area contributed by atoms with E-state index in [1.54, 1.807) is 0 Å². The van der Waals surface area contributed by atoms with Gasteiger partial charge in [-0.05, 0) is 23.9 Å². The molecule has 1 saturated heterocycles. The molecule has 1 saturated carbocycles. The summed E-state index contributed by atoms with van der Waals surface area (Å²) in [7, 11) is 0. The SMILES string of the molecule is CC1CCCC(N)(c2nc(N3CCOCC3)no2)C1. The summed E-state index contributed by atoms with van der Waals surface area (Å²) >= 11 is 0. The molecule has 6 nitrogen and oxygen atoms in total. The highest BCUT2D eigenvalue weighted by Crippen LogP contribution is 2.37. The maximum atomic E-state index is 6.47. The summed E-state index contributed by atoms with van der Waals surface area (Å²) in [4.78, 5) is 6.62. The summed E-state index contributed by atoms with van der Waals surface area (Å²) in [5.41, 5.74) is 6.04. The van der Waals surface area contributed by atoms with Crippen LogP contribution in [0, 0.1) is 5.92 Å². The summed E-state index contributed by atoms with van der Waals surface area (Å²) in [5.74, 6) is 1.87. The van der Waals surface area contributed by atoms with Gasteiger partial charge in [-0.25, -0.2) is 0 Å². The number of ether oxygens (including phenoxy) is 1. The second kappa shape index (κ2) is 5.09. The third-order valence-electron chi connectivity index (χ3n) is 4.17. The van der Waals surface area contributed by atoms with Gasteiger partial charge in [-0.3, -0.25) is 0 Å². The third-order valence-corrected chi connectivity index (χ3v) is 4.17. The van der Waals surface area contributed by atoms with Crippen LogP contribution in [0.5, 0.6) is 0 Å². The van der Waals surface area contributed by atoms with E-state index in [-0.39, 0.29) is 0 Å². The smallest absolute Gasteiger partial charge is 0.266 e. The van der Waals surface area contributed by atoms with Crippen molar-refractivity contribution in [3.63, 3.8) is 0 Å². The average molecular weight is 266 g/mol. The van der Waals surface area contributed by atoms with Gasteiger partial charge in [0.15, 0.2) is 0 Å². The first-order valence-electron chi connectivity index (χ1n) is 7.13. The number of rotatable bonds is 2. The average Bonchev–Trinajstić information content (AvgIpc) is 2.90. The Morgan fingerprint density at radius 3 is 2.89 bits per heavy atom. The van der Waals surface area contributed by atoms with E-state index in [4.69, 9.17) is 15.0 Å². The summed E-state index contributed by atoms with van der Waals surface area (Å²) in [5, 5.41) is 4.09. The molecule has 1 aromatic heterocycles. The highest BCUT2D eigenvalue weighted by atomic mass is 16.5. The minimum atomic E-state index is -0.435. The molecule has 0 aromatic carbocycles. The number of anilines is 1. The number of nitrogens with two attached hydrogens (primary N) is 1. The molecule has 0 radical (unpaired) electrons. The van der Waals surface area contributed by atoms with Crippen LogP contribution in [0.2, 0.25) is 0 Å². The second-order valence-electron chi connectivity index (χ2n) is 5.86. The van der Waals surface area contributed by atoms with E-state index in [0.29, 0.717) is 31.0 Å². The van der Waals surface area contributed by atoms with Gasteiger partial charge in [0.1, 0.15) is 0 Å².